The Morgan fingerprint density at radius 1 is 1.72 bits per heavy atom. The van der Waals surface area contributed by atoms with Crippen LogP contribution in [-0.2, 0) is 11.3 Å². The van der Waals surface area contributed by atoms with Crippen LogP contribution in [0.25, 0.3) is 0 Å². The minimum Gasteiger partial charge on any atom is -0.480 e. The molecule has 0 saturated heterocycles. The number of nitrogens with zero attached hydrogens (tertiary/aromatic N) is 2. The van der Waals surface area contributed by atoms with Crippen molar-refractivity contribution in [2.75, 3.05) is 0 Å². The summed E-state index contributed by atoms with van der Waals surface area (Å²) in [5, 5.41) is 11.9. The maximum Gasteiger partial charge on any atom is 0.441 e. The number of rotatable bonds is 6. The Bertz CT molecular complexity index is 505. The number of aryl methyl sites for hydroxylation is 1. The van der Waals surface area contributed by atoms with Crippen molar-refractivity contribution >= 4 is 5.97 Å². The molecule has 1 heterocycles. The lowest BCUT2D eigenvalue weighted by Crippen LogP contribution is -2.29. The maximum atomic E-state index is 13.4. The van der Waals surface area contributed by atoms with Crippen molar-refractivity contribution in [3.8, 4) is 0 Å². The van der Waals surface area contributed by atoms with E-state index in [1.165, 1.54) is 13.0 Å². The van der Waals surface area contributed by atoms with E-state index in [1.54, 1.807) is 0 Å². The van der Waals surface area contributed by atoms with Crippen LogP contribution in [0.15, 0.2) is 21.2 Å². The highest BCUT2D eigenvalue weighted by Gasteiger charge is 2.11. The second-order valence-corrected chi connectivity index (χ2v) is 3.75. The maximum absolute atomic E-state index is 13.4. The predicted molar refractivity (Wildman–Crippen MR) is 59.5 cm³/mol. The smallest absolute Gasteiger partial charge is 0.441 e. The average molecular weight is 259 g/mol. The molecule has 0 spiro atoms. The first-order chi connectivity index (χ1) is 8.41. The minimum atomic E-state index is -1.13. The number of carboxylic acids is 1. The lowest BCUT2D eigenvalue weighted by molar-refractivity contribution is -0.138. The molecule has 0 amide bonds. The molecular formula is C10H14FN3O4. The highest BCUT2D eigenvalue weighted by molar-refractivity contribution is 5.72. The second-order valence-electron chi connectivity index (χ2n) is 3.75. The fraction of sp³-hybridized carbons (Fsp3) is 0.500. The normalized spacial score (nSPS) is 13.6. The Hall–Kier alpha value is -1.96. The van der Waals surface area contributed by atoms with Crippen molar-refractivity contribution in [3.05, 3.63) is 28.3 Å². The van der Waals surface area contributed by atoms with E-state index in [9.17, 15) is 14.0 Å². The van der Waals surface area contributed by atoms with Crippen LogP contribution in [0.2, 0.25) is 0 Å². The van der Waals surface area contributed by atoms with E-state index in [2.05, 4.69) is 9.68 Å². The zero-order chi connectivity index (χ0) is 13.7. The summed E-state index contributed by atoms with van der Waals surface area (Å²) in [5.41, 5.74) is 5.26. The van der Waals surface area contributed by atoms with Crippen LogP contribution in [0.3, 0.4) is 0 Å². The molecule has 0 aliphatic carbocycles. The second kappa shape index (κ2) is 6.10. The number of carbonyl (C=O) groups is 1. The standard InChI is InChI=1S/C10H14FN3O4/c1-6-13-18-10(17)14(6)5-7(11)3-2-4-8(12)9(15)16/h3,8H,2,4-5,12H2,1H3,(H,15,16)/b7-3-/t8-/m1/s1. The summed E-state index contributed by atoms with van der Waals surface area (Å²) in [6.07, 6.45) is 1.50. The zero-order valence-corrected chi connectivity index (χ0v) is 9.80. The molecule has 0 aliphatic rings. The summed E-state index contributed by atoms with van der Waals surface area (Å²) in [6, 6.07) is -1.02. The molecule has 1 rings (SSSR count). The molecule has 3 N–H and O–H groups in total. The van der Waals surface area contributed by atoms with Crippen LogP contribution in [0.4, 0.5) is 4.39 Å². The molecule has 0 aromatic carbocycles. The Balaban J connectivity index is 2.53. The number of halogens is 1. The molecule has 1 aromatic heterocycles. The summed E-state index contributed by atoms with van der Waals surface area (Å²) in [7, 11) is 0. The quantitative estimate of drug-likeness (QED) is 0.754. The van der Waals surface area contributed by atoms with Crippen LogP contribution in [0.5, 0.6) is 0 Å². The van der Waals surface area contributed by atoms with Gasteiger partial charge in [-0.1, -0.05) is 11.2 Å². The summed E-state index contributed by atoms with van der Waals surface area (Å²) in [5.74, 6) is -2.17. The summed E-state index contributed by atoms with van der Waals surface area (Å²) >= 11 is 0. The Morgan fingerprint density at radius 2 is 2.39 bits per heavy atom. The number of allylic oxidation sites excluding steroid dienone is 2. The number of aromatic nitrogens is 2. The van der Waals surface area contributed by atoms with Crippen molar-refractivity contribution in [1.82, 2.24) is 9.72 Å². The van der Waals surface area contributed by atoms with Crippen molar-refractivity contribution in [2.24, 2.45) is 5.73 Å². The number of aliphatic carboxylic acids is 1. The molecule has 7 nitrogen and oxygen atoms in total. The third kappa shape index (κ3) is 3.81. The van der Waals surface area contributed by atoms with Gasteiger partial charge in [-0.3, -0.25) is 13.9 Å². The van der Waals surface area contributed by atoms with Crippen LogP contribution in [0.1, 0.15) is 18.7 Å². The van der Waals surface area contributed by atoms with E-state index in [4.69, 9.17) is 10.8 Å². The third-order valence-electron chi connectivity index (χ3n) is 2.34. The number of nitrogens with two attached hydrogens (primary N) is 1. The predicted octanol–water partition coefficient (Wildman–Crippen LogP) is 0.190. The topological polar surface area (TPSA) is 111 Å². The zero-order valence-electron chi connectivity index (χ0n) is 9.80. The average Bonchev–Trinajstić information content (AvgIpc) is 2.60. The van der Waals surface area contributed by atoms with Gasteiger partial charge in [0.25, 0.3) is 0 Å². The van der Waals surface area contributed by atoms with Gasteiger partial charge in [-0.25, -0.2) is 9.18 Å². The van der Waals surface area contributed by atoms with Gasteiger partial charge in [-0.15, -0.1) is 0 Å². The Kier molecular flexibility index (Phi) is 4.78. The number of hydrogen-bond donors (Lipinski definition) is 2. The molecule has 1 aromatic rings. The van der Waals surface area contributed by atoms with Crippen LogP contribution in [-0.4, -0.2) is 26.8 Å². The molecular weight excluding hydrogens is 245 g/mol. The lowest BCUT2D eigenvalue weighted by atomic mass is 10.1. The van der Waals surface area contributed by atoms with Gasteiger partial charge in [-0.2, -0.15) is 0 Å². The first kappa shape index (κ1) is 14.1. The monoisotopic (exact) mass is 259 g/mol. The number of hydrogen-bond acceptors (Lipinski definition) is 5. The molecule has 8 heteroatoms. The minimum absolute atomic E-state index is 0.125. The van der Waals surface area contributed by atoms with Gasteiger partial charge in [-0.05, 0) is 19.8 Å². The molecule has 0 bridgehead atoms. The Morgan fingerprint density at radius 3 is 2.89 bits per heavy atom. The van der Waals surface area contributed by atoms with Gasteiger partial charge in [0.2, 0.25) is 0 Å². The largest absolute Gasteiger partial charge is 0.480 e. The lowest BCUT2D eigenvalue weighted by Gasteiger charge is -2.03. The molecule has 18 heavy (non-hydrogen) atoms. The molecule has 1 atom stereocenters. The molecule has 0 radical (unpaired) electrons. The van der Waals surface area contributed by atoms with Gasteiger partial charge in [0.05, 0.1) is 6.54 Å². The van der Waals surface area contributed by atoms with Crippen molar-refractivity contribution in [3.63, 3.8) is 0 Å². The first-order valence-corrected chi connectivity index (χ1v) is 5.28. The van der Waals surface area contributed by atoms with E-state index in [-0.39, 0.29) is 25.2 Å². The van der Waals surface area contributed by atoms with Gasteiger partial charge >= 0.3 is 11.7 Å². The van der Waals surface area contributed by atoms with Gasteiger partial charge < -0.3 is 10.8 Å². The van der Waals surface area contributed by atoms with E-state index >= 15 is 0 Å². The van der Waals surface area contributed by atoms with Gasteiger partial charge in [0, 0.05) is 0 Å². The molecule has 0 fully saturated rings. The van der Waals surface area contributed by atoms with E-state index in [1.807, 2.05) is 0 Å². The Labute approximate surface area is 102 Å². The molecule has 0 saturated carbocycles. The summed E-state index contributed by atoms with van der Waals surface area (Å²) in [6.45, 7) is 1.23. The van der Waals surface area contributed by atoms with Crippen molar-refractivity contribution < 1.29 is 18.8 Å². The van der Waals surface area contributed by atoms with Gasteiger partial charge in [0.15, 0.2) is 5.82 Å². The molecule has 0 aliphatic heterocycles. The van der Waals surface area contributed by atoms with Crippen LogP contribution >= 0.6 is 0 Å². The number of carboxylic acid groups (broad SMARTS) is 1. The fourth-order valence-electron chi connectivity index (χ4n) is 1.27. The van der Waals surface area contributed by atoms with Crippen molar-refractivity contribution in [2.45, 2.75) is 32.4 Å². The summed E-state index contributed by atoms with van der Waals surface area (Å²) in [4.78, 5) is 21.5. The molecule has 0 unspecified atom stereocenters. The van der Waals surface area contributed by atoms with Crippen LogP contribution in [0, 0.1) is 6.92 Å². The highest BCUT2D eigenvalue weighted by atomic mass is 19.1. The fourth-order valence-corrected chi connectivity index (χ4v) is 1.27. The molecule has 100 valence electrons. The summed E-state index contributed by atoms with van der Waals surface area (Å²) < 4.78 is 18.8. The van der Waals surface area contributed by atoms with E-state index in [0.717, 1.165) is 4.57 Å². The SMILES string of the molecule is Cc1noc(=O)n1C/C(F)=C/CC[C@@H](N)C(=O)O. The van der Waals surface area contributed by atoms with Crippen molar-refractivity contribution in [1.29, 1.82) is 0 Å². The highest BCUT2D eigenvalue weighted by Crippen LogP contribution is 2.06. The van der Waals surface area contributed by atoms with Crippen LogP contribution < -0.4 is 11.5 Å². The van der Waals surface area contributed by atoms with Gasteiger partial charge in [0.1, 0.15) is 11.9 Å². The van der Waals surface area contributed by atoms with E-state index in [0.29, 0.717) is 0 Å². The van der Waals surface area contributed by atoms with E-state index < -0.39 is 23.6 Å². The first-order valence-electron chi connectivity index (χ1n) is 5.28. The third-order valence-corrected chi connectivity index (χ3v) is 2.34.